The van der Waals surface area contributed by atoms with Crippen molar-refractivity contribution in [3.63, 3.8) is 0 Å². The Morgan fingerprint density at radius 2 is 1.81 bits per heavy atom. The number of imide groups is 1. The number of carbonyl (C=O) groups is 3. The van der Waals surface area contributed by atoms with Gasteiger partial charge in [-0.15, -0.1) is 0 Å². The number of rotatable bonds is 4. The van der Waals surface area contributed by atoms with Crippen LogP contribution in [0.2, 0.25) is 0 Å². The van der Waals surface area contributed by atoms with Crippen molar-refractivity contribution in [2.75, 3.05) is 31.1 Å². The zero-order chi connectivity index (χ0) is 22.1. The Bertz CT molecular complexity index is 862. The number of nitrogens with one attached hydrogen (secondary N) is 1. The minimum atomic E-state index is -0.720. The maximum Gasteiger partial charge on any atom is 0.325 e. The molecule has 2 saturated heterocycles. The molecule has 31 heavy (non-hydrogen) atoms. The summed E-state index contributed by atoms with van der Waals surface area (Å²) in [6.07, 6.45) is 4.12. The minimum Gasteiger partial charge on any atom is -0.368 e. The van der Waals surface area contributed by atoms with Gasteiger partial charge in [0.05, 0.1) is 5.92 Å². The lowest BCUT2D eigenvalue weighted by Gasteiger charge is -2.44. The first-order valence-electron chi connectivity index (χ1n) is 11.7. The molecule has 3 aliphatic rings. The number of hydrogen-bond acceptors (Lipinski definition) is 4. The van der Waals surface area contributed by atoms with Crippen LogP contribution in [0.5, 0.6) is 0 Å². The number of fused-ring (bicyclic) bond motifs is 1. The molecule has 1 N–H and O–H groups in total. The zero-order valence-corrected chi connectivity index (χ0v) is 18.9. The number of urea groups is 1. The fourth-order valence-corrected chi connectivity index (χ4v) is 5.33. The molecular formula is C24H34N4O3. The van der Waals surface area contributed by atoms with Crippen molar-refractivity contribution in [3.8, 4) is 0 Å². The van der Waals surface area contributed by atoms with E-state index in [0.717, 1.165) is 38.8 Å². The average molecular weight is 427 g/mol. The largest absolute Gasteiger partial charge is 0.368 e. The second-order valence-electron chi connectivity index (χ2n) is 9.11. The van der Waals surface area contributed by atoms with Gasteiger partial charge >= 0.3 is 6.03 Å². The van der Waals surface area contributed by atoms with Crippen molar-refractivity contribution in [3.05, 3.63) is 29.3 Å². The third kappa shape index (κ3) is 4.02. The SMILES string of the molecule is CCC(C(=O)N1CCN(c2cccc(C)c2C)CC1)N1C(=O)NC2CCCCC2C1=O. The molecule has 0 spiro atoms. The first-order chi connectivity index (χ1) is 14.9. The molecule has 168 valence electrons. The molecular weight excluding hydrogens is 392 g/mol. The maximum atomic E-state index is 13.4. The van der Waals surface area contributed by atoms with Crippen LogP contribution in [0.25, 0.3) is 0 Å². The smallest absolute Gasteiger partial charge is 0.325 e. The predicted molar refractivity (Wildman–Crippen MR) is 120 cm³/mol. The van der Waals surface area contributed by atoms with Crippen LogP contribution in [-0.4, -0.2) is 65.9 Å². The average Bonchev–Trinajstić information content (AvgIpc) is 2.78. The van der Waals surface area contributed by atoms with E-state index >= 15 is 0 Å². The molecule has 7 heteroatoms. The topological polar surface area (TPSA) is 73.0 Å². The van der Waals surface area contributed by atoms with E-state index in [1.165, 1.54) is 21.7 Å². The van der Waals surface area contributed by atoms with Gasteiger partial charge in [-0.05, 0) is 50.3 Å². The number of carbonyl (C=O) groups excluding carboxylic acids is 3. The Hall–Kier alpha value is -2.57. The highest BCUT2D eigenvalue weighted by Crippen LogP contribution is 2.31. The summed E-state index contributed by atoms with van der Waals surface area (Å²) in [5.74, 6) is -0.460. The van der Waals surface area contributed by atoms with Gasteiger partial charge in [0, 0.05) is 37.9 Å². The molecule has 3 unspecified atom stereocenters. The Morgan fingerprint density at radius 3 is 2.52 bits per heavy atom. The van der Waals surface area contributed by atoms with Gasteiger partial charge in [0.1, 0.15) is 6.04 Å². The standard InChI is InChI=1S/C24H34N4O3/c1-4-20(28-22(29)18-9-5-6-10-19(18)25-24(28)31)23(30)27-14-12-26(13-15-27)21-11-7-8-16(2)17(21)3/h7-8,11,18-20H,4-6,9-10,12-15H2,1-3H3,(H,25,31). The predicted octanol–water partition coefficient (Wildman–Crippen LogP) is 2.84. The number of nitrogens with zero attached hydrogens (tertiary/aromatic N) is 3. The second-order valence-corrected chi connectivity index (χ2v) is 9.11. The first kappa shape index (κ1) is 21.7. The van der Waals surface area contributed by atoms with Gasteiger partial charge in [0.2, 0.25) is 11.8 Å². The summed E-state index contributed by atoms with van der Waals surface area (Å²) in [6.45, 7) is 8.81. The number of amides is 4. The molecule has 2 aliphatic heterocycles. The van der Waals surface area contributed by atoms with Crippen LogP contribution < -0.4 is 10.2 Å². The molecule has 3 fully saturated rings. The summed E-state index contributed by atoms with van der Waals surface area (Å²) in [5.41, 5.74) is 3.75. The third-order valence-corrected chi connectivity index (χ3v) is 7.34. The van der Waals surface area contributed by atoms with Crippen molar-refractivity contribution in [2.24, 2.45) is 5.92 Å². The van der Waals surface area contributed by atoms with Crippen LogP contribution >= 0.6 is 0 Å². The number of aryl methyl sites for hydroxylation is 1. The summed E-state index contributed by atoms with van der Waals surface area (Å²) in [6, 6.07) is 5.12. The first-order valence-corrected chi connectivity index (χ1v) is 11.7. The quantitative estimate of drug-likeness (QED) is 0.804. The fraction of sp³-hybridized carbons (Fsp3) is 0.625. The van der Waals surface area contributed by atoms with Crippen molar-refractivity contribution in [1.29, 1.82) is 0 Å². The van der Waals surface area contributed by atoms with Gasteiger partial charge in [0.15, 0.2) is 0 Å². The molecule has 7 nitrogen and oxygen atoms in total. The minimum absolute atomic E-state index is 0.0706. The Kier molecular flexibility index (Phi) is 6.21. The molecule has 4 amide bonds. The molecule has 1 aromatic rings. The molecule has 2 heterocycles. The summed E-state index contributed by atoms with van der Waals surface area (Å²) in [7, 11) is 0. The number of piperazine rings is 1. The highest BCUT2D eigenvalue weighted by Gasteiger charge is 2.46. The lowest BCUT2D eigenvalue weighted by atomic mass is 9.82. The molecule has 4 rings (SSSR count). The van der Waals surface area contributed by atoms with Crippen molar-refractivity contribution >= 4 is 23.5 Å². The van der Waals surface area contributed by atoms with Crippen LogP contribution in [-0.2, 0) is 9.59 Å². The van der Waals surface area contributed by atoms with Crippen LogP contribution in [0.4, 0.5) is 10.5 Å². The molecule has 0 bridgehead atoms. The molecule has 1 aliphatic carbocycles. The third-order valence-electron chi connectivity index (χ3n) is 7.34. The summed E-state index contributed by atoms with van der Waals surface area (Å²) in [5, 5.41) is 3.00. The van der Waals surface area contributed by atoms with Crippen molar-refractivity contribution in [1.82, 2.24) is 15.1 Å². The lowest BCUT2D eigenvalue weighted by Crippen LogP contribution is -2.66. The van der Waals surface area contributed by atoms with E-state index in [1.54, 1.807) is 0 Å². The van der Waals surface area contributed by atoms with Crippen molar-refractivity contribution < 1.29 is 14.4 Å². The van der Waals surface area contributed by atoms with Crippen LogP contribution in [0.3, 0.4) is 0 Å². The molecule has 0 radical (unpaired) electrons. The molecule has 0 aromatic heterocycles. The summed E-state index contributed by atoms with van der Waals surface area (Å²) < 4.78 is 0. The Balaban J connectivity index is 1.44. The van der Waals surface area contributed by atoms with Gasteiger partial charge in [-0.2, -0.15) is 0 Å². The van der Waals surface area contributed by atoms with E-state index in [9.17, 15) is 14.4 Å². The zero-order valence-electron chi connectivity index (χ0n) is 18.9. The second kappa shape index (κ2) is 8.89. The van der Waals surface area contributed by atoms with Gasteiger partial charge in [-0.1, -0.05) is 31.9 Å². The van der Waals surface area contributed by atoms with Crippen LogP contribution in [0.1, 0.15) is 50.2 Å². The monoisotopic (exact) mass is 426 g/mol. The molecule has 1 aromatic carbocycles. The number of anilines is 1. The van der Waals surface area contributed by atoms with E-state index in [1.807, 2.05) is 11.8 Å². The van der Waals surface area contributed by atoms with Crippen LogP contribution in [0, 0.1) is 19.8 Å². The number of hydrogen-bond donors (Lipinski definition) is 1. The van der Waals surface area contributed by atoms with Gasteiger partial charge in [0.25, 0.3) is 0 Å². The molecule has 3 atom stereocenters. The number of benzene rings is 1. The Morgan fingerprint density at radius 1 is 1.10 bits per heavy atom. The normalized spacial score (nSPS) is 25.2. The highest BCUT2D eigenvalue weighted by atomic mass is 16.2. The van der Waals surface area contributed by atoms with E-state index in [0.29, 0.717) is 19.5 Å². The van der Waals surface area contributed by atoms with E-state index < -0.39 is 12.1 Å². The van der Waals surface area contributed by atoms with E-state index in [-0.39, 0.29) is 23.8 Å². The molecule has 1 saturated carbocycles. The lowest BCUT2D eigenvalue weighted by molar-refractivity contribution is -0.148. The van der Waals surface area contributed by atoms with Gasteiger partial charge in [-0.3, -0.25) is 14.5 Å². The van der Waals surface area contributed by atoms with E-state index in [4.69, 9.17) is 0 Å². The van der Waals surface area contributed by atoms with Gasteiger partial charge < -0.3 is 15.1 Å². The van der Waals surface area contributed by atoms with Crippen molar-refractivity contribution in [2.45, 2.75) is 65.0 Å². The van der Waals surface area contributed by atoms with Crippen LogP contribution in [0.15, 0.2) is 18.2 Å². The Labute approximate surface area is 184 Å². The summed E-state index contributed by atoms with van der Waals surface area (Å²) in [4.78, 5) is 44.7. The van der Waals surface area contributed by atoms with E-state index in [2.05, 4.69) is 42.3 Å². The highest BCUT2D eigenvalue weighted by molar-refractivity contribution is 6.03. The summed E-state index contributed by atoms with van der Waals surface area (Å²) >= 11 is 0. The maximum absolute atomic E-state index is 13.4. The van der Waals surface area contributed by atoms with Gasteiger partial charge in [-0.25, -0.2) is 4.79 Å². The fourth-order valence-electron chi connectivity index (χ4n) is 5.33.